The van der Waals surface area contributed by atoms with Gasteiger partial charge in [0.05, 0.1) is 29.0 Å². The van der Waals surface area contributed by atoms with Crippen molar-refractivity contribution >= 4 is 51.0 Å². The van der Waals surface area contributed by atoms with Crippen LogP contribution in [0.15, 0.2) is 17.6 Å². The number of rotatable bonds is 6. The zero-order chi connectivity index (χ0) is 22.1. The number of hydrogen-bond donors (Lipinski definition) is 1. The molecule has 4 rings (SSSR count). The van der Waals surface area contributed by atoms with Gasteiger partial charge in [-0.2, -0.15) is 5.10 Å². The summed E-state index contributed by atoms with van der Waals surface area (Å²) in [6.45, 7) is 6.12. The van der Waals surface area contributed by atoms with E-state index in [1.54, 1.807) is 17.8 Å². The SMILES string of the molecule is CCOC(=O)c1c(NC(=O)C(C)Sc2ncnc3c2cnn3C)sc2c1CCC(C)C2. The van der Waals surface area contributed by atoms with Crippen LogP contribution in [0.4, 0.5) is 5.00 Å². The molecule has 164 valence electrons. The maximum Gasteiger partial charge on any atom is 0.341 e. The smallest absolute Gasteiger partial charge is 0.341 e. The number of hydrogen-bond acceptors (Lipinski definition) is 8. The summed E-state index contributed by atoms with van der Waals surface area (Å²) in [5.41, 5.74) is 2.27. The van der Waals surface area contributed by atoms with Crippen LogP contribution in [0.2, 0.25) is 0 Å². The molecule has 0 bridgehead atoms. The van der Waals surface area contributed by atoms with E-state index in [2.05, 4.69) is 27.3 Å². The van der Waals surface area contributed by atoms with E-state index in [-0.39, 0.29) is 11.9 Å². The van der Waals surface area contributed by atoms with Crippen LogP contribution in [-0.4, -0.2) is 43.5 Å². The second-order valence-corrected chi connectivity index (χ2v) is 10.1. The molecule has 1 N–H and O–H groups in total. The average molecular weight is 460 g/mol. The van der Waals surface area contributed by atoms with Gasteiger partial charge in [-0.3, -0.25) is 9.48 Å². The number of fused-ring (bicyclic) bond motifs is 2. The van der Waals surface area contributed by atoms with Crippen molar-refractivity contribution in [2.45, 2.75) is 50.3 Å². The van der Waals surface area contributed by atoms with Crippen molar-refractivity contribution in [2.24, 2.45) is 13.0 Å². The molecule has 3 aromatic rings. The van der Waals surface area contributed by atoms with Crippen molar-refractivity contribution in [1.29, 1.82) is 0 Å². The molecule has 1 aliphatic rings. The predicted molar refractivity (Wildman–Crippen MR) is 122 cm³/mol. The summed E-state index contributed by atoms with van der Waals surface area (Å²) in [6.07, 6.45) is 5.97. The first kappa shape index (κ1) is 21.8. The summed E-state index contributed by atoms with van der Waals surface area (Å²) in [5, 5.41) is 8.88. The van der Waals surface area contributed by atoms with E-state index in [9.17, 15) is 9.59 Å². The Bertz CT molecular complexity index is 1140. The molecular formula is C21H25N5O3S2. The highest BCUT2D eigenvalue weighted by Crippen LogP contribution is 2.40. The maximum atomic E-state index is 13.0. The van der Waals surface area contributed by atoms with Crippen LogP contribution in [-0.2, 0) is 29.4 Å². The summed E-state index contributed by atoms with van der Waals surface area (Å²) in [7, 11) is 1.82. The lowest BCUT2D eigenvalue weighted by atomic mass is 9.88. The van der Waals surface area contributed by atoms with Crippen LogP contribution < -0.4 is 5.32 Å². The Balaban J connectivity index is 1.56. The number of aromatic nitrogens is 4. The average Bonchev–Trinajstić information content (AvgIpc) is 3.28. The summed E-state index contributed by atoms with van der Waals surface area (Å²) in [4.78, 5) is 35.4. The third-order valence-corrected chi connectivity index (χ3v) is 7.66. The number of thioether (sulfide) groups is 1. The van der Waals surface area contributed by atoms with E-state index in [1.807, 2.05) is 14.0 Å². The van der Waals surface area contributed by atoms with Crippen LogP contribution in [0.25, 0.3) is 11.0 Å². The second-order valence-electron chi connectivity index (χ2n) is 7.71. The molecule has 3 heterocycles. The van der Waals surface area contributed by atoms with Crippen molar-refractivity contribution in [3.05, 3.63) is 28.5 Å². The lowest BCUT2D eigenvalue weighted by Crippen LogP contribution is -2.23. The summed E-state index contributed by atoms with van der Waals surface area (Å²) in [5.74, 6) is 0.0229. The van der Waals surface area contributed by atoms with Crippen LogP contribution in [0, 0.1) is 5.92 Å². The van der Waals surface area contributed by atoms with Crippen molar-refractivity contribution in [3.63, 3.8) is 0 Å². The van der Waals surface area contributed by atoms with Gasteiger partial charge < -0.3 is 10.1 Å². The number of nitrogens with zero attached hydrogens (tertiary/aromatic N) is 4. The summed E-state index contributed by atoms with van der Waals surface area (Å²) >= 11 is 2.84. The number of thiophene rings is 1. The van der Waals surface area contributed by atoms with Gasteiger partial charge in [0, 0.05) is 11.9 Å². The number of aryl methyl sites for hydroxylation is 1. The van der Waals surface area contributed by atoms with Crippen LogP contribution in [0.1, 0.15) is 48.0 Å². The molecular weight excluding hydrogens is 434 g/mol. The molecule has 3 aromatic heterocycles. The van der Waals surface area contributed by atoms with Crippen LogP contribution in [0.3, 0.4) is 0 Å². The largest absolute Gasteiger partial charge is 0.462 e. The molecule has 10 heteroatoms. The molecule has 0 aliphatic heterocycles. The van der Waals surface area contributed by atoms with Crippen LogP contribution in [0.5, 0.6) is 0 Å². The van der Waals surface area contributed by atoms with Gasteiger partial charge in [0.15, 0.2) is 5.65 Å². The Kier molecular flexibility index (Phi) is 6.29. The molecule has 2 atom stereocenters. The van der Waals surface area contributed by atoms with Gasteiger partial charge in [0.1, 0.15) is 16.4 Å². The van der Waals surface area contributed by atoms with E-state index in [0.29, 0.717) is 28.1 Å². The zero-order valence-electron chi connectivity index (χ0n) is 18.0. The highest BCUT2D eigenvalue weighted by atomic mass is 32.2. The molecule has 1 amide bonds. The topological polar surface area (TPSA) is 99.0 Å². The first-order valence-corrected chi connectivity index (χ1v) is 12.0. The van der Waals surface area contributed by atoms with Gasteiger partial charge in [-0.25, -0.2) is 14.8 Å². The van der Waals surface area contributed by atoms with Gasteiger partial charge in [-0.1, -0.05) is 18.7 Å². The molecule has 0 aromatic carbocycles. The number of amides is 1. The number of carbonyl (C=O) groups is 2. The minimum atomic E-state index is -0.425. The number of ether oxygens (including phenoxy) is 1. The fraction of sp³-hybridized carbons (Fsp3) is 0.476. The fourth-order valence-electron chi connectivity index (χ4n) is 3.73. The highest BCUT2D eigenvalue weighted by molar-refractivity contribution is 8.00. The molecule has 0 radical (unpaired) electrons. The Morgan fingerprint density at radius 2 is 2.23 bits per heavy atom. The first-order chi connectivity index (χ1) is 14.9. The summed E-state index contributed by atoms with van der Waals surface area (Å²) in [6, 6.07) is 0. The van der Waals surface area contributed by atoms with Crippen molar-refractivity contribution in [1.82, 2.24) is 19.7 Å². The Morgan fingerprint density at radius 3 is 3.00 bits per heavy atom. The Hall–Kier alpha value is -2.46. The van der Waals surface area contributed by atoms with Gasteiger partial charge in [-0.05, 0) is 44.6 Å². The molecule has 31 heavy (non-hydrogen) atoms. The number of carbonyl (C=O) groups excluding carboxylic acids is 2. The Labute approximate surface area is 188 Å². The highest BCUT2D eigenvalue weighted by Gasteiger charge is 2.30. The second kappa shape index (κ2) is 8.96. The predicted octanol–water partition coefficient (Wildman–Crippen LogP) is 3.85. The fourth-order valence-corrected chi connectivity index (χ4v) is 6.01. The molecule has 1 aliphatic carbocycles. The van der Waals surface area contributed by atoms with E-state index < -0.39 is 5.25 Å². The quantitative estimate of drug-likeness (QED) is 0.340. The monoisotopic (exact) mass is 459 g/mol. The summed E-state index contributed by atoms with van der Waals surface area (Å²) < 4.78 is 6.97. The van der Waals surface area contributed by atoms with E-state index >= 15 is 0 Å². The van der Waals surface area contributed by atoms with Gasteiger partial charge in [0.2, 0.25) is 5.91 Å². The first-order valence-electron chi connectivity index (χ1n) is 10.3. The van der Waals surface area contributed by atoms with Crippen molar-refractivity contribution < 1.29 is 14.3 Å². The normalized spacial score (nSPS) is 16.7. The minimum absolute atomic E-state index is 0.183. The van der Waals surface area contributed by atoms with Gasteiger partial charge in [0.25, 0.3) is 0 Å². The number of anilines is 1. The zero-order valence-corrected chi connectivity index (χ0v) is 19.6. The van der Waals surface area contributed by atoms with Crippen LogP contribution >= 0.6 is 23.1 Å². The lowest BCUT2D eigenvalue weighted by molar-refractivity contribution is -0.115. The van der Waals surface area contributed by atoms with Crippen molar-refractivity contribution in [3.8, 4) is 0 Å². The lowest BCUT2D eigenvalue weighted by Gasteiger charge is -2.18. The van der Waals surface area contributed by atoms with E-state index in [0.717, 1.165) is 35.9 Å². The number of esters is 1. The Morgan fingerprint density at radius 1 is 1.42 bits per heavy atom. The minimum Gasteiger partial charge on any atom is -0.462 e. The third kappa shape index (κ3) is 4.31. The molecule has 0 saturated heterocycles. The molecule has 2 unspecified atom stereocenters. The van der Waals surface area contributed by atoms with Gasteiger partial charge in [-0.15, -0.1) is 11.3 Å². The van der Waals surface area contributed by atoms with E-state index in [4.69, 9.17) is 4.74 Å². The van der Waals surface area contributed by atoms with Crippen molar-refractivity contribution in [2.75, 3.05) is 11.9 Å². The molecule has 0 fully saturated rings. The van der Waals surface area contributed by atoms with E-state index in [1.165, 1.54) is 34.3 Å². The molecule has 8 nitrogen and oxygen atoms in total. The number of nitrogens with one attached hydrogen (secondary N) is 1. The van der Waals surface area contributed by atoms with Gasteiger partial charge >= 0.3 is 5.97 Å². The maximum absolute atomic E-state index is 13.0. The standard InChI is InChI=1S/C21H25N5O3S2/c1-5-29-21(28)16-13-7-6-11(2)8-15(13)31-20(16)25-18(27)12(3)30-19-14-9-24-26(4)17(14)22-10-23-19/h9-12H,5-8H2,1-4H3,(H,25,27). The molecule has 0 saturated carbocycles. The molecule has 0 spiro atoms. The third-order valence-electron chi connectivity index (χ3n) is 5.38.